The van der Waals surface area contributed by atoms with E-state index in [1.807, 2.05) is 49.7 Å². The lowest BCUT2D eigenvalue weighted by atomic mass is 10.1. The van der Waals surface area contributed by atoms with Crippen LogP contribution in [0, 0.1) is 13.8 Å². The second-order valence-corrected chi connectivity index (χ2v) is 6.20. The molecule has 6 heteroatoms. The fourth-order valence-corrected chi connectivity index (χ4v) is 2.84. The molecule has 0 spiro atoms. The monoisotopic (exact) mass is 344 g/mol. The first kappa shape index (κ1) is 19.1. The molecule has 0 unspecified atom stereocenters. The molecule has 2 aromatic rings. The van der Waals surface area contributed by atoms with Crippen LogP contribution in [0.3, 0.4) is 0 Å². The molecule has 0 fully saturated rings. The third-order valence-electron chi connectivity index (χ3n) is 4.16. The summed E-state index contributed by atoms with van der Waals surface area (Å²) in [5.41, 5.74) is 5.19. The minimum atomic E-state index is 0.0511. The number of aryl methyl sites for hydroxylation is 1. The zero-order valence-electron chi connectivity index (χ0n) is 15.3. The summed E-state index contributed by atoms with van der Waals surface area (Å²) in [4.78, 5) is 11.7. The molecule has 1 heterocycles. The zero-order valence-corrected chi connectivity index (χ0v) is 15.3. The van der Waals surface area contributed by atoms with Crippen molar-refractivity contribution in [3.8, 4) is 0 Å². The summed E-state index contributed by atoms with van der Waals surface area (Å²) >= 11 is 0. The second kappa shape index (κ2) is 9.34. The molecule has 1 aromatic carbocycles. The van der Waals surface area contributed by atoms with Gasteiger partial charge in [0, 0.05) is 36.5 Å². The van der Waals surface area contributed by atoms with Gasteiger partial charge in [0.05, 0.1) is 18.8 Å². The molecule has 0 aliphatic rings. The number of aliphatic hydroxyl groups is 1. The van der Waals surface area contributed by atoms with Crippen LogP contribution < -0.4 is 10.6 Å². The van der Waals surface area contributed by atoms with E-state index in [0.29, 0.717) is 19.5 Å². The predicted octanol–water partition coefficient (Wildman–Crippen LogP) is 2.52. The van der Waals surface area contributed by atoms with Crippen LogP contribution in [-0.2, 0) is 24.4 Å². The molecule has 0 radical (unpaired) electrons. The number of hydrogen-bond donors (Lipinski definition) is 3. The second-order valence-electron chi connectivity index (χ2n) is 6.20. The molecule has 0 aliphatic carbocycles. The average Bonchev–Trinajstić information content (AvgIpc) is 2.83. The Morgan fingerprint density at radius 3 is 2.80 bits per heavy atom. The number of anilines is 1. The van der Waals surface area contributed by atoms with Crippen molar-refractivity contribution in [2.45, 2.75) is 53.2 Å². The van der Waals surface area contributed by atoms with Crippen molar-refractivity contribution < 1.29 is 9.90 Å². The van der Waals surface area contributed by atoms with E-state index in [-0.39, 0.29) is 12.5 Å². The first-order valence-corrected chi connectivity index (χ1v) is 8.78. The third kappa shape index (κ3) is 5.41. The van der Waals surface area contributed by atoms with E-state index in [1.54, 1.807) is 0 Å². The van der Waals surface area contributed by atoms with E-state index in [2.05, 4.69) is 15.7 Å². The Labute approximate surface area is 149 Å². The molecule has 0 aliphatic heterocycles. The highest BCUT2D eigenvalue weighted by Crippen LogP contribution is 2.14. The average molecular weight is 344 g/mol. The highest BCUT2D eigenvalue weighted by molar-refractivity contribution is 5.90. The van der Waals surface area contributed by atoms with Crippen LogP contribution in [0.4, 0.5) is 5.69 Å². The highest BCUT2D eigenvalue weighted by Gasteiger charge is 2.10. The number of nitrogens with one attached hydrogen (secondary N) is 2. The summed E-state index contributed by atoms with van der Waals surface area (Å²) in [5.74, 6) is 0.0511. The van der Waals surface area contributed by atoms with Crippen LogP contribution >= 0.6 is 0 Å². The summed E-state index contributed by atoms with van der Waals surface area (Å²) in [5, 5.41) is 19.9. The molecule has 2 rings (SSSR count). The highest BCUT2D eigenvalue weighted by atomic mass is 16.3. The summed E-state index contributed by atoms with van der Waals surface area (Å²) < 4.78 is 1.84. The number of nitrogens with zero attached hydrogens (tertiary/aromatic N) is 2. The Bertz CT molecular complexity index is 709. The van der Waals surface area contributed by atoms with Gasteiger partial charge in [-0.05, 0) is 38.0 Å². The van der Waals surface area contributed by atoms with Gasteiger partial charge in [-0.1, -0.05) is 19.1 Å². The van der Waals surface area contributed by atoms with Crippen LogP contribution in [0.2, 0.25) is 0 Å². The Morgan fingerprint density at radius 1 is 1.28 bits per heavy atom. The number of carbonyl (C=O) groups is 1. The first-order valence-electron chi connectivity index (χ1n) is 8.78. The van der Waals surface area contributed by atoms with E-state index in [1.165, 1.54) is 5.56 Å². The van der Waals surface area contributed by atoms with Gasteiger partial charge in [-0.2, -0.15) is 5.10 Å². The normalized spacial score (nSPS) is 10.9. The Kier molecular flexibility index (Phi) is 7.16. The van der Waals surface area contributed by atoms with Crippen molar-refractivity contribution in [2.75, 3.05) is 11.9 Å². The SMILES string of the molecule is CCCC(=O)Nc1cccc(CNCc2c(C)nn(CCO)c2C)c1. The van der Waals surface area contributed by atoms with Crippen molar-refractivity contribution in [3.05, 3.63) is 46.8 Å². The minimum absolute atomic E-state index is 0.0511. The van der Waals surface area contributed by atoms with Gasteiger partial charge in [-0.25, -0.2) is 0 Å². The van der Waals surface area contributed by atoms with Gasteiger partial charge < -0.3 is 15.7 Å². The quantitative estimate of drug-likeness (QED) is 0.653. The molecular formula is C19H28N4O2. The van der Waals surface area contributed by atoms with E-state index in [0.717, 1.165) is 35.6 Å². The maximum atomic E-state index is 11.7. The van der Waals surface area contributed by atoms with Crippen molar-refractivity contribution in [1.29, 1.82) is 0 Å². The fourth-order valence-electron chi connectivity index (χ4n) is 2.84. The van der Waals surface area contributed by atoms with E-state index in [4.69, 9.17) is 5.11 Å². The lowest BCUT2D eigenvalue weighted by molar-refractivity contribution is -0.116. The van der Waals surface area contributed by atoms with Crippen LogP contribution in [-0.4, -0.2) is 27.4 Å². The van der Waals surface area contributed by atoms with Gasteiger partial charge in [0.15, 0.2) is 0 Å². The van der Waals surface area contributed by atoms with Crippen molar-refractivity contribution >= 4 is 11.6 Å². The van der Waals surface area contributed by atoms with Crippen LogP contribution in [0.1, 0.15) is 42.3 Å². The number of amides is 1. The van der Waals surface area contributed by atoms with Crippen LogP contribution in [0.5, 0.6) is 0 Å². The summed E-state index contributed by atoms with van der Waals surface area (Å²) in [6.45, 7) is 8.04. The fraction of sp³-hybridized carbons (Fsp3) is 0.474. The number of hydrogen-bond acceptors (Lipinski definition) is 4. The number of carbonyl (C=O) groups excluding carboxylic acids is 1. The Hall–Kier alpha value is -2.18. The van der Waals surface area contributed by atoms with E-state index in [9.17, 15) is 4.79 Å². The van der Waals surface area contributed by atoms with Crippen molar-refractivity contribution in [1.82, 2.24) is 15.1 Å². The topological polar surface area (TPSA) is 79.2 Å². The summed E-state index contributed by atoms with van der Waals surface area (Å²) in [6, 6.07) is 7.89. The number of aromatic nitrogens is 2. The van der Waals surface area contributed by atoms with Gasteiger partial charge in [-0.3, -0.25) is 9.48 Å². The Morgan fingerprint density at radius 2 is 2.08 bits per heavy atom. The van der Waals surface area contributed by atoms with Crippen molar-refractivity contribution in [3.63, 3.8) is 0 Å². The lowest BCUT2D eigenvalue weighted by Gasteiger charge is -2.09. The minimum Gasteiger partial charge on any atom is -0.394 e. The molecule has 6 nitrogen and oxygen atoms in total. The van der Waals surface area contributed by atoms with E-state index >= 15 is 0 Å². The van der Waals surface area contributed by atoms with Gasteiger partial charge in [0.1, 0.15) is 0 Å². The van der Waals surface area contributed by atoms with E-state index < -0.39 is 0 Å². The molecule has 1 aromatic heterocycles. The summed E-state index contributed by atoms with van der Waals surface area (Å²) in [7, 11) is 0. The molecule has 0 bridgehead atoms. The number of rotatable bonds is 9. The molecule has 1 amide bonds. The molecule has 0 saturated heterocycles. The maximum Gasteiger partial charge on any atom is 0.224 e. The third-order valence-corrected chi connectivity index (χ3v) is 4.16. The maximum absolute atomic E-state index is 11.7. The van der Waals surface area contributed by atoms with Gasteiger partial charge in [0.25, 0.3) is 0 Å². The van der Waals surface area contributed by atoms with Gasteiger partial charge in [0.2, 0.25) is 5.91 Å². The molecule has 25 heavy (non-hydrogen) atoms. The Balaban J connectivity index is 1.93. The largest absolute Gasteiger partial charge is 0.394 e. The molecule has 136 valence electrons. The summed E-state index contributed by atoms with van der Waals surface area (Å²) in [6.07, 6.45) is 1.38. The molecular weight excluding hydrogens is 316 g/mol. The number of benzene rings is 1. The smallest absolute Gasteiger partial charge is 0.224 e. The standard InChI is InChI=1S/C19H28N4O2/c1-4-6-19(25)21-17-8-5-7-16(11-17)12-20-13-18-14(2)22-23(9-10-24)15(18)3/h5,7-8,11,20,24H,4,6,9-10,12-13H2,1-3H3,(H,21,25). The van der Waals surface area contributed by atoms with Gasteiger partial charge in [-0.15, -0.1) is 0 Å². The molecule has 3 N–H and O–H groups in total. The van der Waals surface area contributed by atoms with Gasteiger partial charge >= 0.3 is 0 Å². The van der Waals surface area contributed by atoms with Crippen LogP contribution in [0.15, 0.2) is 24.3 Å². The number of aliphatic hydroxyl groups excluding tert-OH is 1. The van der Waals surface area contributed by atoms with Crippen LogP contribution in [0.25, 0.3) is 0 Å². The van der Waals surface area contributed by atoms with Crippen molar-refractivity contribution in [2.24, 2.45) is 0 Å². The lowest BCUT2D eigenvalue weighted by Crippen LogP contribution is -2.15. The predicted molar refractivity (Wildman–Crippen MR) is 99.3 cm³/mol. The first-order chi connectivity index (χ1) is 12.0. The molecule has 0 saturated carbocycles. The zero-order chi connectivity index (χ0) is 18.2. The molecule has 0 atom stereocenters.